The first-order chi connectivity index (χ1) is 12.3. The van der Waals surface area contributed by atoms with Gasteiger partial charge in [-0.2, -0.15) is 5.10 Å². The van der Waals surface area contributed by atoms with E-state index >= 15 is 0 Å². The van der Waals surface area contributed by atoms with Gasteiger partial charge in [-0.05, 0) is 30.9 Å². The van der Waals surface area contributed by atoms with Crippen LogP contribution in [0.3, 0.4) is 0 Å². The Balaban J connectivity index is 0.00000196. The number of halogens is 2. The van der Waals surface area contributed by atoms with Crippen molar-refractivity contribution in [2.24, 2.45) is 4.99 Å². The molecule has 26 heavy (non-hydrogen) atoms. The highest BCUT2D eigenvalue weighted by molar-refractivity contribution is 14.0. The molecule has 1 saturated heterocycles. The molecule has 140 valence electrons. The third-order valence-corrected chi connectivity index (χ3v) is 5.24. The molecule has 8 heteroatoms. The van der Waals surface area contributed by atoms with E-state index in [9.17, 15) is 4.39 Å². The normalized spacial score (nSPS) is 23.5. The number of aromatic nitrogens is 3. The molecular weight excluding hydrogens is 446 g/mol. The zero-order chi connectivity index (χ0) is 17.2. The molecule has 2 N–H and O–H groups in total. The topological polar surface area (TPSA) is 69.2 Å². The Hall–Kier alpha value is -1.71. The number of hydrogen-bond donors (Lipinski definition) is 2. The minimum absolute atomic E-state index is 0. The quantitative estimate of drug-likeness (QED) is 0.412. The molecule has 1 aromatic heterocycles. The third-order valence-electron chi connectivity index (χ3n) is 5.24. The molecule has 4 rings (SSSR count). The van der Waals surface area contributed by atoms with Crippen LogP contribution in [0.4, 0.5) is 4.39 Å². The Kier molecular flexibility index (Phi) is 6.10. The number of likely N-dealkylation sites (tertiary alicyclic amines) is 1. The summed E-state index contributed by atoms with van der Waals surface area (Å²) in [5, 5.41) is 10.4. The van der Waals surface area contributed by atoms with Gasteiger partial charge in [0.15, 0.2) is 5.96 Å². The van der Waals surface area contributed by atoms with Crippen molar-refractivity contribution in [1.29, 1.82) is 0 Å². The average Bonchev–Trinajstić information content (AvgIpc) is 3.18. The monoisotopic (exact) mass is 470 g/mol. The van der Waals surface area contributed by atoms with Crippen molar-refractivity contribution in [1.82, 2.24) is 25.4 Å². The number of aromatic amines is 1. The lowest BCUT2D eigenvalue weighted by atomic mass is 9.96. The van der Waals surface area contributed by atoms with Crippen molar-refractivity contribution in [3.63, 3.8) is 0 Å². The fourth-order valence-electron chi connectivity index (χ4n) is 3.71. The van der Waals surface area contributed by atoms with Gasteiger partial charge in [-0.1, -0.05) is 18.2 Å². The van der Waals surface area contributed by atoms with Gasteiger partial charge < -0.3 is 10.2 Å². The lowest BCUT2D eigenvalue weighted by Crippen LogP contribution is -2.46. The van der Waals surface area contributed by atoms with Crippen molar-refractivity contribution in [3.8, 4) is 0 Å². The van der Waals surface area contributed by atoms with Crippen LogP contribution in [0.1, 0.15) is 42.5 Å². The molecule has 1 saturated carbocycles. The van der Waals surface area contributed by atoms with Gasteiger partial charge in [0.05, 0.1) is 0 Å². The molecule has 2 fully saturated rings. The molecular formula is C18H24FIN6. The standard InChI is InChI=1S/C18H23FN6.HI/c1-20-18(23-16-10-14(16)13-4-2-3-5-15(13)19)25-8-6-12(7-9-25)17-21-11-22-24-17;/h2-5,11-12,14,16H,6-10H2,1H3,(H,20,23)(H,21,22,24);1H. The highest BCUT2D eigenvalue weighted by Crippen LogP contribution is 2.42. The molecule has 6 nitrogen and oxygen atoms in total. The number of nitrogens with one attached hydrogen (secondary N) is 2. The molecule has 1 aliphatic carbocycles. The molecule has 1 aliphatic heterocycles. The number of piperidine rings is 1. The van der Waals surface area contributed by atoms with Gasteiger partial charge in [-0.25, -0.2) is 9.37 Å². The van der Waals surface area contributed by atoms with E-state index in [0.717, 1.165) is 49.7 Å². The number of H-pyrrole nitrogens is 1. The lowest BCUT2D eigenvalue weighted by molar-refractivity contribution is 0.298. The van der Waals surface area contributed by atoms with Crippen LogP contribution in [0.25, 0.3) is 0 Å². The fraction of sp³-hybridized carbons (Fsp3) is 0.500. The molecule has 1 aromatic carbocycles. The molecule has 2 aromatic rings. The number of benzene rings is 1. The minimum atomic E-state index is -0.111. The summed E-state index contributed by atoms with van der Waals surface area (Å²) < 4.78 is 13.9. The smallest absolute Gasteiger partial charge is 0.193 e. The van der Waals surface area contributed by atoms with E-state index < -0.39 is 0 Å². The number of guanidine groups is 1. The van der Waals surface area contributed by atoms with E-state index in [4.69, 9.17) is 0 Å². The van der Waals surface area contributed by atoms with E-state index in [1.165, 1.54) is 6.07 Å². The van der Waals surface area contributed by atoms with Crippen LogP contribution < -0.4 is 5.32 Å². The van der Waals surface area contributed by atoms with Gasteiger partial charge in [0.1, 0.15) is 18.0 Å². The Morgan fingerprint density at radius 1 is 1.31 bits per heavy atom. The Morgan fingerprint density at radius 3 is 2.73 bits per heavy atom. The predicted molar refractivity (Wildman–Crippen MR) is 109 cm³/mol. The van der Waals surface area contributed by atoms with Gasteiger partial charge in [0, 0.05) is 38.0 Å². The van der Waals surface area contributed by atoms with E-state index in [0.29, 0.717) is 5.92 Å². The van der Waals surface area contributed by atoms with Crippen molar-refractivity contribution in [3.05, 3.63) is 47.8 Å². The molecule has 2 heterocycles. The van der Waals surface area contributed by atoms with Gasteiger partial charge in [0.2, 0.25) is 0 Å². The molecule has 0 spiro atoms. The minimum Gasteiger partial charge on any atom is -0.353 e. The highest BCUT2D eigenvalue weighted by atomic mass is 127. The first kappa shape index (κ1) is 19.1. The summed E-state index contributed by atoms with van der Waals surface area (Å²) in [6.07, 6.45) is 4.57. The van der Waals surface area contributed by atoms with Crippen LogP contribution in [-0.4, -0.2) is 52.2 Å². The van der Waals surface area contributed by atoms with Crippen LogP contribution in [0.2, 0.25) is 0 Å². The van der Waals surface area contributed by atoms with Crippen molar-refractivity contribution < 1.29 is 4.39 Å². The summed E-state index contributed by atoms with van der Waals surface area (Å²) >= 11 is 0. The van der Waals surface area contributed by atoms with E-state index in [-0.39, 0.29) is 41.8 Å². The van der Waals surface area contributed by atoms with Crippen LogP contribution in [0, 0.1) is 5.82 Å². The van der Waals surface area contributed by atoms with Crippen LogP contribution in [0.5, 0.6) is 0 Å². The summed E-state index contributed by atoms with van der Waals surface area (Å²) in [6, 6.07) is 7.32. The molecule has 0 amide bonds. The van der Waals surface area contributed by atoms with Crippen LogP contribution >= 0.6 is 24.0 Å². The van der Waals surface area contributed by atoms with Gasteiger partial charge >= 0.3 is 0 Å². The molecule has 2 unspecified atom stereocenters. The number of aliphatic imine (C=N–C) groups is 1. The number of rotatable bonds is 3. The van der Waals surface area contributed by atoms with Crippen LogP contribution in [0.15, 0.2) is 35.6 Å². The summed E-state index contributed by atoms with van der Waals surface area (Å²) in [7, 11) is 1.81. The maximum atomic E-state index is 13.9. The lowest BCUT2D eigenvalue weighted by Gasteiger charge is -2.33. The Labute approximate surface area is 169 Å². The number of nitrogens with zero attached hydrogens (tertiary/aromatic N) is 4. The first-order valence-electron chi connectivity index (χ1n) is 8.84. The van der Waals surface area contributed by atoms with Gasteiger partial charge in [-0.3, -0.25) is 10.1 Å². The van der Waals surface area contributed by atoms with Crippen LogP contribution in [-0.2, 0) is 0 Å². The van der Waals surface area contributed by atoms with Gasteiger partial charge in [0.25, 0.3) is 0 Å². The Bertz CT molecular complexity index is 742. The summed E-state index contributed by atoms with van der Waals surface area (Å²) in [5.41, 5.74) is 0.805. The average molecular weight is 470 g/mol. The summed E-state index contributed by atoms with van der Waals surface area (Å²) in [4.78, 5) is 11.0. The fourth-order valence-corrected chi connectivity index (χ4v) is 3.71. The Morgan fingerprint density at radius 2 is 2.08 bits per heavy atom. The molecule has 0 radical (unpaired) electrons. The maximum Gasteiger partial charge on any atom is 0.193 e. The molecule has 2 aliphatic rings. The number of hydrogen-bond acceptors (Lipinski definition) is 3. The summed E-state index contributed by atoms with van der Waals surface area (Å²) in [6.45, 7) is 1.87. The second-order valence-electron chi connectivity index (χ2n) is 6.79. The predicted octanol–water partition coefficient (Wildman–Crippen LogP) is 2.87. The van der Waals surface area contributed by atoms with Crippen molar-refractivity contribution in [2.45, 2.75) is 37.1 Å². The highest BCUT2D eigenvalue weighted by Gasteiger charge is 2.41. The van der Waals surface area contributed by atoms with Crippen molar-refractivity contribution in [2.75, 3.05) is 20.1 Å². The largest absolute Gasteiger partial charge is 0.353 e. The SMILES string of the molecule is CN=C(NC1CC1c1ccccc1F)N1CCC(c2ncn[nH]2)CC1.I. The van der Waals surface area contributed by atoms with E-state index in [1.54, 1.807) is 12.4 Å². The second kappa shape index (κ2) is 8.32. The molecule has 0 bridgehead atoms. The second-order valence-corrected chi connectivity index (χ2v) is 6.79. The van der Waals surface area contributed by atoms with E-state index in [2.05, 4.69) is 30.4 Å². The maximum absolute atomic E-state index is 13.9. The van der Waals surface area contributed by atoms with Crippen molar-refractivity contribution >= 4 is 29.9 Å². The van der Waals surface area contributed by atoms with Gasteiger partial charge in [-0.15, -0.1) is 24.0 Å². The zero-order valence-corrected chi connectivity index (χ0v) is 17.1. The first-order valence-corrected chi connectivity index (χ1v) is 8.84. The van der Waals surface area contributed by atoms with E-state index in [1.807, 2.05) is 19.2 Å². The zero-order valence-electron chi connectivity index (χ0n) is 14.7. The molecule has 2 atom stereocenters. The third kappa shape index (κ3) is 3.99. The summed E-state index contributed by atoms with van der Waals surface area (Å²) in [5.74, 6) is 2.46.